The van der Waals surface area contributed by atoms with Gasteiger partial charge in [-0.15, -0.1) is 0 Å². The quantitative estimate of drug-likeness (QED) is 0.927. The lowest BCUT2D eigenvalue weighted by molar-refractivity contribution is 0.172. The fourth-order valence-corrected chi connectivity index (χ4v) is 2.13. The Hall–Kier alpha value is -1.65. The third-order valence-electron chi connectivity index (χ3n) is 2.98. The van der Waals surface area contributed by atoms with Crippen molar-refractivity contribution >= 4 is 11.6 Å². The lowest BCUT2D eigenvalue weighted by Crippen LogP contribution is -2.05. The van der Waals surface area contributed by atoms with Crippen LogP contribution in [0.25, 0.3) is 0 Å². The van der Waals surface area contributed by atoms with Crippen LogP contribution in [0.4, 0.5) is 8.78 Å². The van der Waals surface area contributed by atoms with Crippen LogP contribution in [0, 0.1) is 11.6 Å². The van der Waals surface area contributed by atoms with E-state index < -0.39 is 17.7 Å². The van der Waals surface area contributed by atoms with Gasteiger partial charge in [0.2, 0.25) is 0 Å². The molecule has 2 nitrogen and oxygen atoms in total. The van der Waals surface area contributed by atoms with Crippen molar-refractivity contribution in [2.75, 3.05) is 7.11 Å². The second-order valence-electron chi connectivity index (χ2n) is 4.34. The Balaban J connectivity index is 2.25. The molecule has 2 rings (SSSR count). The molecule has 1 N–H and O–H groups in total. The molecule has 0 spiro atoms. The average Bonchev–Trinajstić information content (AvgIpc) is 2.41. The van der Waals surface area contributed by atoms with Crippen molar-refractivity contribution in [3.63, 3.8) is 0 Å². The smallest absolute Gasteiger partial charge is 0.129 e. The number of aliphatic hydroxyl groups is 1. The molecule has 0 aliphatic heterocycles. The summed E-state index contributed by atoms with van der Waals surface area (Å²) in [6, 6.07) is 8.07. The van der Waals surface area contributed by atoms with Crippen LogP contribution in [0.5, 0.6) is 5.75 Å². The average molecular weight is 299 g/mol. The van der Waals surface area contributed by atoms with Crippen molar-refractivity contribution in [3.05, 3.63) is 64.2 Å². The lowest BCUT2D eigenvalue weighted by atomic mass is 10.00. The zero-order valence-electron chi connectivity index (χ0n) is 10.7. The van der Waals surface area contributed by atoms with E-state index in [1.54, 1.807) is 18.2 Å². The highest BCUT2D eigenvalue weighted by Crippen LogP contribution is 2.30. The molecule has 0 aliphatic carbocycles. The summed E-state index contributed by atoms with van der Waals surface area (Å²) in [4.78, 5) is 0. The van der Waals surface area contributed by atoms with Gasteiger partial charge < -0.3 is 9.84 Å². The van der Waals surface area contributed by atoms with E-state index in [1.165, 1.54) is 13.2 Å². The van der Waals surface area contributed by atoms with Crippen molar-refractivity contribution in [3.8, 4) is 5.75 Å². The summed E-state index contributed by atoms with van der Waals surface area (Å²) >= 11 is 5.84. The predicted octanol–water partition coefficient (Wildman–Crippen LogP) is 3.90. The summed E-state index contributed by atoms with van der Waals surface area (Å²) in [6.45, 7) is 0. The Kier molecular flexibility index (Phi) is 4.57. The highest BCUT2D eigenvalue weighted by atomic mass is 35.5. The highest BCUT2D eigenvalue weighted by Gasteiger charge is 2.16. The number of benzene rings is 2. The SMILES string of the molecule is COc1cc(Cl)ccc1C(O)Cc1ccc(F)cc1F. The molecule has 1 unspecified atom stereocenters. The fraction of sp³-hybridized carbons (Fsp3) is 0.200. The normalized spacial score (nSPS) is 12.2. The molecule has 0 aromatic heterocycles. The highest BCUT2D eigenvalue weighted by molar-refractivity contribution is 6.30. The van der Waals surface area contributed by atoms with Gasteiger partial charge in [0.1, 0.15) is 17.4 Å². The molecule has 0 radical (unpaired) electrons. The van der Waals surface area contributed by atoms with Crippen LogP contribution in [-0.4, -0.2) is 12.2 Å². The van der Waals surface area contributed by atoms with Gasteiger partial charge in [-0.05, 0) is 23.8 Å². The molecule has 2 aromatic rings. The van der Waals surface area contributed by atoms with E-state index in [-0.39, 0.29) is 12.0 Å². The van der Waals surface area contributed by atoms with E-state index in [0.29, 0.717) is 16.3 Å². The van der Waals surface area contributed by atoms with Crippen LogP contribution >= 0.6 is 11.6 Å². The van der Waals surface area contributed by atoms with Crippen LogP contribution in [0.15, 0.2) is 36.4 Å². The molecule has 106 valence electrons. The first-order valence-corrected chi connectivity index (χ1v) is 6.34. The minimum Gasteiger partial charge on any atom is -0.496 e. The third-order valence-corrected chi connectivity index (χ3v) is 3.22. The summed E-state index contributed by atoms with van der Waals surface area (Å²) in [5.41, 5.74) is 0.733. The molecule has 20 heavy (non-hydrogen) atoms. The maximum atomic E-state index is 13.6. The summed E-state index contributed by atoms with van der Waals surface area (Å²) in [6.07, 6.45) is -0.952. The molecule has 0 heterocycles. The van der Waals surface area contributed by atoms with Crippen molar-refractivity contribution < 1.29 is 18.6 Å². The van der Waals surface area contributed by atoms with Crippen LogP contribution in [-0.2, 0) is 6.42 Å². The maximum absolute atomic E-state index is 13.6. The molecule has 0 aliphatic rings. The number of hydrogen-bond donors (Lipinski definition) is 1. The molecule has 0 saturated heterocycles. The fourth-order valence-electron chi connectivity index (χ4n) is 1.97. The van der Waals surface area contributed by atoms with E-state index >= 15 is 0 Å². The maximum Gasteiger partial charge on any atom is 0.129 e. The Morgan fingerprint density at radius 3 is 2.60 bits per heavy atom. The monoisotopic (exact) mass is 298 g/mol. The Morgan fingerprint density at radius 2 is 1.95 bits per heavy atom. The van der Waals surface area contributed by atoms with Crippen LogP contribution < -0.4 is 4.74 Å². The first-order valence-electron chi connectivity index (χ1n) is 5.96. The molecule has 0 amide bonds. The van der Waals surface area contributed by atoms with E-state index in [9.17, 15) is 13.9 Å². The minimum atomic E-state index is -0.970. The predicted molar refractivity (Wildman–Crippen MR) is 73.0 cm³/mol. The Bertz CT molecular complexity index is 617. The molecule has 0 bridgehead atoms. The largest absolute Gasteiger partial charge is 0.496 e. The third kappa shape index (κ3) is 3.26. The molecule has 1 atom stereocenters. The van der Waals surface area contributed by atoms with Crippen molar-refractivity contribution in [1.29, 1.82) is 0 Å². The van der Waals surface area contributed by atoms with E-state index in [1.807, 2.05) is 0 Å². The topological polar surface area (TPSA) is 29.5 Å². The summed E-state index contributed by atoms with van der Waals surface area (Å²) in [7, 11) is 1.46. The van der Waals surface area contributed by atoms with Crippen molar-refractivity contribution in [1.82, 2.24) is 0 Å². The molecule has 0 saturated carbocycles. The Morgan fingerprint density at radius 1 is 1.20 bits per heavy atom. The summed E-state index contributed by atoms with van der Waals surface area (Å²) in [5, 5.41) is 10.7. The number of hydrogen-bond acceptors (Lipinski definition) is 2. The van der Waals surface area contributed by atoms with E-state index in [0.717, 1.165) is 12.1 Å². The van der Waals surface area contributed by atoms with Gasteiger partial charge in [0.25, 0.3) is 0 Å². The van der Waals surface area contributed by atoms with Gasteiger partial charge in [0.05, 0.1) is 13.2 Å². The molecular formula is C15H13ClF2O2. The van der Waals surface area contributed by atoms with Gasteiger partial charge in [-0.3, -0.25) is 0 Å². The molecule has 0 fully saturated rings. The molecular weight excluding hydrogens is 286 g/mol. The van der Waals surface area contributed by atoms with Gasteiger partial charge in [0.15, 0.2) is 0 Å². The van der Waals surface area contributed by atoms with E-state index in [4.69, 9.17) is 16.3 Å². The van der Waals surface area contributed by atoms with Crippen LogP contribution in [0.2, 0.25) is 5.02 Å². The van der Waals surface area contributed by atoms with Crippen molar-refractivity contribution in [2.45, 2.75) is 12.5 Å². The Labute approximate surface area is 120 Å². The number of methoxy groups -OCH3 is 1. The van der Waals surface area contributed by atoms with Gasteiger partial charge in [-0.1, -0.05) is 23.7 Å². The van der Waals surface area contributed by atoms with Gasteiger partial charge in [-0.25, -0.2) is 8.78 Å². The summed E-state index contributed by atoms with van der Waals surface area (Å²) < 4.78 is 31.5. The van der Waals surface area contributed by atoms with Gasteiger partial charge in [-0.2, -0.15) is 0 Å². The van der Waals surface area contributed by atoms with Crippen LogP contribution in [0.1, 0.15) is 17.2 Å². The lowest BCUT2D eigenvalue weighted by Gasteiger charge is -2.15. The van der Waals surface area contributed by atoms with Gasteiger partial charge >= 0.3 is 0 Å². The number of halogens is 3. The minimum absolute atomic E-state index is 0.0180. The standard InChI is InChI=1S/C15H13ClF2O2/c1-20-15-7-10(16)3-5-12(15)14(19)6-9-2-4-11(17)8-13(9)18/h2-5,7-8,14,19H,6H2,1H3. The van der Waals surface area contributed by atoms with Gasteiger partial charge in [0, 0.05) is 23.1 Å². The number of ether oxygens (including phenoxy) is 1. The van der Waals surface area contributed by atoms with E-state index in [2.05, 4.69) is 0 Å². The number of rotatable bonds is 4. The zero-order valence-corrected chi connectivity index (χ0v) is 11.5. The molecule has 2 aromatic carbocycles. The van der Waals surface area contributed by atoms with Crippen LogP contribution in [0.3, 0.4) is 0 Å². The molecule has 5 heteroatoms. The summed E-state index contributed by atoms with van der Waals surface area (Å²) in [5.74, 6) is -0.908. The second-order valence-corrected chi connectivity index (χ2v) is 4.78. The first-order chi connectivity index (χ1) is 9.51. The zero-order chi connectivity index (χ0) is 14.7. The van der Waals surface area contributed by atoms with Crippen molar-refractivity contribution in [2.24, 2.45) is 0 Å². The number of aliphatic hydroxyl groups excluding tert-OH is 1. The second kappa shape index (κ2) is 6.20. The first kappa shape index (κ1) is 14.8.